The summed E-state index contributed by atoms with van der Waals surface area (Å²) in [5.74, 6) is -0.505. The average molecular weight is 280 g/mol. The minimum Gasteiger partial charge on any atom is -0.490 e. The molecule has 20 heavy (non-hydrogen) atoms. The van der Waals surface area contributed by atoms with Crippen molar-refractivity contribution in [3.63, 3.8) is 0 Å². The largest absolute Gasteiger partial charge is 0.490 e. The second-order valence-electron chi connectivity index (χ2n) is 3.86. The van der Waals surface area contributed by atoms with Crippen molar-refractivity contribution in [3.05, 3.63) is 36.2 Å². The minimum atomic E-state index is -0.712. The van der Waals surface area contributed by atoms with Crippen molar-refractivity contribution in [3.8, 4) is 5.75 Å². The molecule has 0 amide bonds. The van der Waals surface area contributed by atoms with Gasteiger partial charge in [0.05, 0.1) is 7.11 Å². The van der Waals surface area contributed by atoms with Crippen molar-refractivity contribution in [2.75, 3.05) is 24.3 Å². The molecule has 0 fully saturated rings. The van der Waals surface area contributed by atoms with Crippen LogP contribution in [-0.4, -0.2) is 23.6 Å². The number of nitrogens with zero attached hydrogens (tertiary/aromatic N) is 2. The number of para-hydroxylation sites is 1. The maximum absolute atomic E-state index is 13.6. The molecule has 5 nitrogen and oxygen atoms in total. The predicted octanol–water partition coefficient (Wildman–Crippen LogP) is 2.94. The number of aromatic nitrogens is 2. The van der Waals surface area contributed by atoms with Crippen LogP contribution in [0.3, 0.4) is 0 Å². The summed E-state index contributed by atoms with van der Waals surface area (Å²) in [6.45, 7) is 2.52. The van der Waals surface area contributed by atoms with Crippen molar-refractivity contribution in [2.24, 2.45) is 0 Å². The van der Waals surface area contributed by atoms with Crippen molar-refractivity contribution >= 4 is 17.3 Å². The Hall–Kier alpha value is -2.44. The Bertz CT molecular complexity index is 587. The molecule has 0 aliphatic heterocycles. The molecule has 0 unspecified atom stereocenters. The molecule has 0 atom stereocenters. The van der Waals surface area contributed by atoms with Gasteiger partial charge in [-0.3, -0.25) is 0 Å². The summed E-state index contributed by atoms with van der Waals surface area (Å²) in [7, 11) is 1.43. The van der Waals surface area contributed by atoms with E-state index in [0.29, 0.717) is 12.4 Å². The van der Waals surface area contributed by atoms with Gasteiger partial charge in [0.1, 0.15) is 23.6 Å². The van der Waals surface area contributed by atoms with Gasteiger partial charge in [-0.05, 0) is 19.1 Å². The fourth-order valence-electron chi connectivity index (χ4n) is 1.69. The van der Waals surface area contributed by atoms with Crippen LogP contribution in [0.4, 0.5) is 26.1 Å². The van der Waals surface area contributed by atoms with E-state index in [1.54, 1.807) is 0 Å². The number of benzene rings is 1. The molecule has 1 heterocycles. The van der Waals surface area contributed by atoms with E-state index >= 15 is 0 Å². The molecule has 0 saturated carbocycles. The number of methoxy groups -OCH3 is 1. The zero-order valence-corrected chi connectivity index (χ0v) is 11.1. The first kappa shape index (κ1) is 14.0. The zero-order chi connectivity index (χ0) is 14.5. The number of nitrogens with one attached hydrogen (secondary N) is 2. The normalized spacial score (nSPS) is 10.2. The SMILES string of the molecule is CCNc1ncnc(Nc2c(F)cccc2F)c1OC. The second-order valence-corrected chi connectivity index (χ2v) is 3.86. The molecule has 106 valence electrons. The molecule has 0 aliphatic rings. The fraction of sp³-hybridized carbons (Fsp3) is 0.231. The lowest BCUT2D eigenvalue weighted by Crippen LogP contribution is -2.07. The molecule has 1 aromatic heterocycles. The Labute approximate surface area is 115 Å². The minimum absolute atomic E-state index is 0.183. The number of ether oxygens (including phenoxy) is 1. The molecule has 1 aromatic carbocycles. The lowest BCUT2D eigenvalue weighted by atomic mass is 10.3. The van der Waals surface area contributed by atoms with Crippen molar-refractivity contribution < 1.29 is 13.5 Å². The first-order valence-electron chi connectivity index (χ1n) is 6.01. The van der Waals surface area contributed by atoms with Crippen molar-refractivity contribution in [1.29, 1.82) is 0 Å². The van der Waals surface area contributed by atoms with Gasteiger partial charge < -0.3 is 15.4 Å². The summed E-state index contributed by atoms with van der Waals surface area (Å²) < 4.78 is 32.4. The van der Waals surface area contributed by atoms with Gasteiger partial charge in [0.15, 0.2) is 11.6 Å². The van der Waals surface area contributed by atoms with E-state index < -0.39 is 11.6 Å². The highest BCUT2D eigenvalue weighted by Gasteiger charge is 2.15. The van der Waals surface area contributed by atoms with E-state index in [0.717, 1.165) is 12.1 Å². The smallest absolute Gasteiger partial charge is 0.204 e. The highest BCUT2D eigenvalue weighted by molar-refractivity contribution is 5.69. The van der Waals surface area contributed by atoms with Gasteiger partial charge in [-0.1, -0.05) is 6.07 Å². The van der Waals surface area contributed by atoms with E-state index in [2.05, 4.69) is 20.6 Å². The maximum atomic E-state index is 13.6. The molecule has 2 aromatic rings. The first-order valence-corrected chi connectivity index (χ1v) is 6.01. The van der Waals surface area contributed by atoms with Gasteiger partial charge in [-0.25, -0.2) is 18.7 Å². The average Bonchev–Trinajstić information content (AvgIpc) is 2.43. The first-order chi connectivity index (χ1) is 9.67. The highest BCUT2D eigenvalue weighted by atomic mass is 19.1. The molecular weight excluding hydrogens is 266 g/mol. The van der Waals surface area contributed by atoms with Crippen LogP contribution in [0.5, 0.6) is 5.75 Å². The molecular formula is C13H14F2N4O. The van der Waals surface area contributed by atoms with Crippen LogP contribution in [0.25, 0.3) is 0 Å². The predicted molar refractivity (Wildman–Crippen MR) is 72.4 cm³/mol. The Balaban J connectivity index is 2.41. The maximum Gasteiger partial charge on any atom is 0.204 e. The monoisotopic (exact) mass is 280 g/mol. The summed E-state index contributed by atoms with van der Waals surface area (Å²) in [5, 5.41) is 5.57. The van der Waals surface area contributed by atoms with E-state index in [9.17, 15) is 8.78 Å². The number of hydrogen-bond acceptors (Lipinski definition) is 5. The van der Waals surface area contributed by atoms with E-state index in [4.69, 9.17) is 4.74 Å². The summed E-state index contributed by atoms with van der Waals surface area (Å²) in [5.41, 5.74) is -0.285. The Morgan fingerprint density at radius 2 is 1.80 bits per heavy atom. The van der Waals surface area contributed by atoms with Gasteiger partial charge in [-0.2, -0.15) is 0 Å². The summed E-state index contributed by atoms with van der Waals surface area (Å²) >= 11 is 0. The molecule has 0 bridgehead atoms. The van der Waals surface area contributed by atoms with Gasteiger partial charge in [0, 0.05) is 6.54 Å². The number of halogens is 2. The fourth-order valence-corrected chi connectivity index (χ4v) is 1.69. The molecule has 0 spiro atoms. The number of rotatable bonds is 5. The van der Waals surface area contributed by atoms with E-state index in [1.165, 1.54) is 19.5 Å². The summed E-state index contributed by atoms with van der Waals surface area (Å²) in [4.78, 5) is 7.96. The molecule has 2 rings (SSSR count). The van der Waals surface area contributed by atoms with Crippen LogP contribution in [0, 0.1) is 11.6 Å². The molecule has 0 radical (unpaired) electrons. The Morgan fingerprint density at radius 3 is 2.40 bits per heavy atom. The number of anilines is 3. The third-order valence-electron chi connectivity index (χ3n) is 2.56. The standard InChI is InChI=1S/C13H14F2N4O/c1-3-16-12-11(20-2)13(18-7-17-12)19-10-8(14)5-4-6-9(10)15/h4-7H,3H2,1-2H3,(H2,16,17,18,19). The quantitative estimate of drug-likeness (QED) is 0.881. The van der Waals surface area contributed by atoms with Crippen LogP contribution < -0.4 is 15.4 Å². The molecule has 7 heteroatoms. The Kier molecular flexibility index (Phi) is 4.29. The van der Waals surface area contributed by atoms with Crippen molar-refractivity contribution in [2.45, 2.75) is 6.92 Å². The van der Waals surface area contributed by atoms with E-state index in [-0.39, 0.29) is 17.3 Å². The summed E-state index contributed by atoms with van der Waals surface area (Å²) in [6, 6.07) is 3.60. The Morgan fingerprint density at radius 1 is 1.15 bits per heavy atom. The van der Waals surface area contributed by atoms with Gasteiger partial charge in [-0.15, -0.1) is 0 Å². The van der Waals surface area contributed by atoms with Crippen LogP contribution in [0.1, 0.15) is 6.92 Å². The second kappa shape index (κ2) is 6.14. The lowest BCUT2D eigenvalue weighted by Gasteiger charge is -2.14. The van der Waals surface area contributed by atoms with Crippen LogP contribution in [-0.2, 0) is 0 Å². The van der Waals surface area contributed by atoms with Gasteiger partial charge in [0.25, 0.3) is 0 Å². The topological polar surface area (TPSA) is 59.1 Å². The zero-order valence-electron chi connectivity index (χ0n) is 11.1. The van der Waals surface area contributed by atoms with E-state index in [1.807, 2.05) is 6.92 Å². The van der Waals surface area contributed by atoms with Gasteiger partial charge >= 0.3 is 0 Å². The van der Waals surface area contributed by atoms with Crippen LogP contribution >= 0.6 is 0 Å². The third kappa shape index (κ3) is 2.76. The summed E-state index contributed by atoms with van der Waals surface area (Å²) in [6.07, 6.45) is 1.28. The van der Waals surface area contributed by atoms with Crippen LogP contribution in [0.15, 0.2) is 24.5 Å². The van der Waals surface area contributed by atoms with Crippen LogP contribution in [0.2, 0.25) is 0 Å². The third-order valence-corrected chi connectivity index (χ3v) is 2.56. The van der Waals surface area contributed by atoms with Gasteiger partial charge in [0.2, 0.25) is 5.75 Å². The molecule has 2 N–H and O–H groups in total. The lowest BCUT2D eigenvalue weighted by molar-refractivity contribution is 0.415. The van der Waals surface area contributed by atoms with Crippen molar-refractivity contribution in [1.82, 2.24) is 9.97 Å². The number of hydrogen-bond donors (Lipinski definition) is 2. The molecule has 0 aliphatic carbocycles. The highest BCUT2D eigenvalue weighted by Crippen LogP contribution is 2.32. The molecule has 0 saturated heterocycles.